The third kappa shape index (κ3) is 3.43. The summed E-state index contributed by atoms with van der Waals surface area (Å²) in [4.78, 5) is 17.6. The van der Waals surface area contributed by atoms with Crippen LogP contribution in [0, 0.1) is 0 Å². The summed E-state index contributed by atoms with van der Waals surface area (Å²) in [6, 6.07) is 1.59. The lowest BCUT2D eigenvalue weighted by molar-refractivity contribution is 0.0799. The summed E-state index contributed by atoms with van der Waals surface area (Å²) in [7, 11) is 1.68. The first-order valence-electron chi connectivity index (χ1n) is 4.65. The van der Waals surface area contributed by atoms with Crippen molar-refractivity contribution in [2.45, 2.75) is 6.42 Å². The van der Waals surface area contributed by atoms with E-state index in [4.69, 9.17) is 29.6 Å². The van der Waals surface area contributed by atoms with Crippen LogP contribution in [0.3, 0.4) is 0 Å². The SMILES string of the molecule is CN(CCC(N)=S)C(=O)c1ccncc1Cl. The summed E-state index contributed by atoms with van der Waals surface area (Å²) in [6.45, 7) is 0.479. The number of halogens is 1. The van der Waals surface area contributed by atoms with Crippen LogP contribution in [0.5, 0.6) is 0 Å². The van der Waals surface area contributed by atoms with Gasteiger partial charge in [-0.3, -0.25) is 9.78 Å². The lowest BCUT2D eigenvalue weighted by atomic mass is 10.2. The van der Waals surface area contributed by atoms with Crippen molar-refractivity contribution in [3.05, 3.63) is 29.0 Å². The molecule has 1 rings (SSSR count). The molecule has 0 aliphatic rings. The second-order valence-electron chi connectivity index (χ2n) is 3.30. The van der Waals surface area contributed by atoms with Gasteiger partial charge in [0.1, 0.15) is 0 Å². The molecule has 4 nitrogen and oxygen atoms in total. The molecule has 0 radical (unpaired) electrons. The molecular weight excluding hydrogens is 246 g/mol. The zero-order chi connectivity index (χ0) is 12.1. The van der Waals surface area contributed by atoms with Gasteiger partial charge in [-0.05, 0) is 6.07 Å². The van der Waals surface area contributed by atoms with Gasteiger partial charge in [-0.1, -0.05) is 23.8 Å². The number of carbonyl (C=O) groups is 1. The minimum absolute atomic E-state index is 0.163. The van der Waals surface area contributed by atoms with Crippen molar-refractivity contribution in [2.75, 3.05) is 13.6 Å². The molecule has 0 aliphatic heterocycles. The number of nitrogens with two attached hydrogens (primary N) is 1. The minimum atomic E-state index is -0.163. The van der Waals surface area contributed by atoms with Crippen LogP contribution in [-0.2, 0) is 0 Å². The smallest absolute Gasteiger partial charge is 0.255 e. The summed E-state index contributed by atoms with van der Waals surface area (Å²) in [5.41, 5.74) is 5.80. The van der Waals surface area contributed by atoms with Crippen molar-refractivity contribution in [1.82, 2.24) is 9.88 Å². The first-order chi connectivity index (χ1) is 7.52. The largest absolute Gasteiger partial charge is 0.393 e. The Kier molecular flexibility index (Phi) is 4.64. The van der Waals surface area contributed by atoms with E-state index in [1.807, 2.05) is 0 Å². The van der Waals surface area contributed by atoms with E-state index in [-0.39, 0.29) is 5.91 Å². The van der Waals surface area contributed by atoms with Gasteiger partial charge in [-0.25, -0.2) is 0 Å². The van der Waals surface area contributed by atoms with Gasteiger partial charge in [-0.2, -0.15) is 0 Å². The predicted octanol–water partition coefficient (Wildman–Crippen LogP) is 1.48. The normalized spacial score (nSPS) is 9.88. The fraction of sp³-hybridized carbons (Fsp3) is 0.300. The van der Waals surface area contributed by atoms with Crippen LogP contribution in [0.1, 0.15) is 16.8 Å². The zero-order valence-corrected chi connectivity index (χ0v) is 10.4. The van der Waals surface area contributed by atoms with Crippen molar-refractivity contribution in [3.63, 3.8) is 0 Å². The Labute approximate surface area is 104 Å². The third-order valence-electron chi connectivity index (χ3n) is 2.04. The molecular formula is C10H12ClN3OS. The fourth-order valence-corrected chi connectivity index (χ4v) is 1.43. The van der Waals surface area contributed by atoms with E-state index in [1.165, 1.54) is 17.3 Å². The van der Waals surface area contributed by atoms with Gasteiger partial charge >= 0.3 is 0 Å². The average Bonchev–Trinajstić information content (AvgIpc) is 2.25. The number of hydrogen-bond donors (Lipinski definition) is 1. The van der Waals surface area contributed by atoms with Gasteiger partial charge < -0.3 is 10.6 Å². The molecule has 0 atom stereocenters. The van der Waals surface area contributed by atoms with E-state index < -0.39 is 0 Å². The van der Waals surface area contributed by atoms with E-state index in [9.17, 15) is 4.79 Å². The molecule has 0 saturated carbocycles. The van der Waals surface area contributed by atoms with Crippen LogP contribution in [0.15, 0.2) is 18.5 Å². The van der Waals surface area contributed by atoms with E-state index in [0.717, 1.165) is 0 Å². The third-order valence-corrected chi connectivity index (χ3v) is 2.55. The molecule has 0 bridgehead atoms. The second kappa shape index (κ2) is 5.77. The molecule has 1 heterocycles. The number of nitrogens with zero attached hydrogens (tertiary/aromatic N) is 2. The molecule has 0 spiro atoms. The molecule has 6 heteroatoms. The zero-order valence-electron chi connectivity index (χ0n) is 8.81. The van der Waals surface area contributed by atoms with Crippen LogP contribution in [0.25, 0.3) is 0 Å². The van der Waals surface area contributed by atoms with Gasteiger partial charge in [0.2, 0.25) is 0 Å². The van der Waals surface area contributed by atoms with E-state index in [1.54, 1.807) is 13.1 Å². The van der Waals surface area contributed by atoms with Gasteiger partial charge in [-0.15, -0.1) is 0 Å². The highest BCUT2D eigenvalue weighted by Gasteiger charge is 2.14. The molecule has 0 aromatic carbocycles. The maximum Gasteiger partial charge on any atom is 0.255 e. The molecule has 0 unspecified atom stereocenters. The molecule has 1 aromatic rings. The fourth-order valence-electron chi connectivity index (χ4n) is 1.13. The number of aromatic nitrogens is 1. The van der Waals surface area contributed by atoms with E-state index in [2.05, 4.69) is 4.98 Å². The van der Waals surface area contributed by atoms with Gasteiger partial charge in [0.05, 0.1) is 15.6 Å². The van der Waals surface area contributed by atoms with E-state index in [0.29, 0.717) is 28.5 Å². The molecule has 16 heavy (non-hydrogen) atoms. The van der Waals surface area contributed by atoms with Crippen molar-refractivity contribution in [3.8, 4) is 0 Å². The maximum absolute atomic E-state index is 11.9. The minimum Gasteiger partial charge on any atom is -0.393 e. The van der Waals surface area contributed by atoms with Gasteiger partial charge in [0.15, 0.2) is 0 Å². The number of pyridine rings is 1. The van der Waals surface area contributed by atoms with Crippen molar-refractivity contribution in [1.29, 1.82) is 0 Å². The highest BCUT2D eigenvalue weighted by molar-refractivity contribution is 7.80. The van der Waals surface area contributed by atoms with E-state index >= 15 is 0 Å². The number of thiocarbonyl (C=S) groups is 1. The van der Waals surface area contributed by atoms with Crippen LogP contribution in [-0.4, -0.2) is 34.4 Å². The van der Waals surface area contributed by atoms with Crippen LogP contribution >= 0.6 is 23.8 Å². The molecule has 0 fully saturated rings. The summed E-state index contributed by atoms with van der Waals surface area (Å²) in [6.07, 6.45) is 3.47. The molecule has 2 N–H and O–H groups in total. The summed E-state index contributed by atoms with van der Waals surface area (Å²) >= 11 is 10.6. The monoisotopic (exact) mass is 257 g/mol. The number of carbonyl (C=O) groups excluding carboxylic acids is 1. The Bertz CT molecular complexity index is 411. The van der Waals surface area contributed by atoms with Crippen LogP contribution in [0.2, 0.25) is 5.02 Å². The molecule has 1 amide bonds. The number of rotatable bonds is 4. The van der Waals surface area contributed by atoms with Crippen molar-refractivity contribution >= 4 is 34.7 Å². The summed E-state index contributed by atoms with van der Waals surface area (Å²) < 4.78 is 0. The Morgan fingerprint density at radius 3 is 2.94 bits per heavy atom. The topological polar surface area (TPSA) is 59.2 Å². The number of hydrogen-bond acceptors (Lipinski definition) is 3. The Morgan fingerprint density at radius 1 is 1.69 bits per heavy atom. The van der Waals surface area contributed by atoms with Crippen molar-refractivity contribution in [2.24, 2.45) is 5.73 Å². The Morgan fingerprint density at radius 2 is 2.38 bits per heavy atom. The molecule has 0 saturated heterocycles. The molecule has 1 aromatic heterocycles. The summed E-state index contributed by atoms with van der Waals surface area (Å²) in [5.74, 6) is -0.163. The Hall–Kier alpha value is -1.20. The highest BCUT2D eigenvalue weighted by atomic mass is 35.5. The lowest BCUT2D eigenvalue weighted by Crippen LogP contribution is -2.30. The average molecular weight is 258 g/mol. The maximum atomic E-state index is 11.9. The van der Waals surface area contributed by atoms with Crippen LogP contribution < -0.4 is 5.73 Å². The first kappa shape index (κ1) is 12.9. The van der Waals surface area contributed by atoms with Gasteiger partial charge in [0.25, 0.3) is 5.91 Å². The molecule has 86 valence electrons. The first-order valence-corrected chi connectivity index (χ1v) is 5.44. The number of amides is 1. The second-order valence-corrected chi connectivity index (χ2v) is 4.23. The highest BCUT2D eigenvalue weighted by Crippen LogP contribution is 2.15. The lowest BCUT2D eigenvalue weighted by Gasteiger charge is -2.17. The quantitative estimate of drug-likeness (QED) is 0.831. The molecule has 0 aliphatic carbocycles. The standard InChI is InChI=1S/C10H12ClN3OS/c1-14(5-3-9(12)16)10(15)7-2-4-13-6-8(7)11/h2,4,6H,3,5H2,1H3,(H2,12,16). The van der Waals surface area contributed by atoms with Crippen molar-refractivity contribution < 1.29 is 4.79 Å². The Balaban J connectivity index is 2.71. The van der Waals surface area contributed by atoms with Crippen LogP contribution in [0.4, 0.5) is 0 Å². The summed E-state index contributed by atoms with van der Waals surface area (Å²) in [5, 5.41) is 0.342. The predicted molar refractivity (Wildman–Crippen MR) is 67.6 cm³/mol. The van der Waals surface area contributed by atoms with Gasteiger partial charge in [0, 0.05) is 32.4 Å².